The van der Waals surface area contributed by atoms with Crippen LogP contribution < -0.4 is 16.6 Å². The average molecular weight is 375 g/mol. The molecule has 0 radical (unpaired) electrons. The summed E-state index contributed by atoms with van der Waals surface area (Å²) in [6.45, 7) is 0.955. The molecule has 0 unspecified atom stereocenters. The predicted octanol–water partition coefficient (Wildman–Crippen LogP) is 0.805. The second kappa shape index (κ2) is 7.75. The minimum Gasteiger partial charge on any atom is -0.396 e. The number of hydrogen-bond donors (Lipinski definition) is 2. The number of nitrogens with zero attached hydrogens (tertiary/aromatic N) is 4. The molecule has 0 atom stereocenters. The van der Waals surface area contributed by atoms with E-state index in [1.54, 1.807) is 23.7 Å². The molecule has 2 N–H and O–H groups in total. The molecule has 27 heavy (non-hydrogen) atoms. The first-order valence-electron chi connectivity index (χ1n) is 8.69. The number of nitrogens with one attached hydrogen (secondary N) is 1. The molecule has 3 rings (SSSR count). The highest BCUT2D eigenvalue weighted by Gasteiger charge is 2.19. The first-order chi connectivity index (χ1) is 12.9. The number of benzene rings is 1. The molecular formula is C18H22FN5O3. The molecule has 8 nitrogen and oxygen atoms in total. The molecule has 144 valence electrons. The van der Waals surface area contributed by atoms with Crippen LogP contribution in [-0.4, -0.2) is 36.9 Å². The zero-order valence-corrected chi connectivity index (χ0v) is 15.3. The maximum Gasteiger partial charge on any atom is 0.332 e. The molecule has 0 amide bonds. The van der Waals surface area contributed by atoms with Crippen LogP contribution in [0, 0.1) is 5.82 Å². The zero-order chi connectivity index (χ0) is 19.6. The van der Waals surface area contributed by atoms with Crippen LogP contribution in [0.25, 0.3) is 11.2 Å². The first-order valence-corrected chi connectivity index (χ1v) is 8.69. The van der Waals surface area contributed by atoms with Crippen molar-refractivity contribution in [1.29, 1.82) is 0 Å². The van der Waals surface area contributed by atoms with Crippen LogP contribution in [-0.2, 0) is 20.6 Å². The maximum absolute atomic E-state index is 13.2. The van der Waals surface area contributed by atoms with Crippen molar-refractivity contribution in [2.45, 2.75) is 19.4 Å². The van der Waals surface area contributed by atoms with Crippen molar-refractivity contribution in [2.75, 3.05) is 18.5 Å². The van der Waals surface area contributed by atoms with E-state index in [1.165, 1.54) is 23.7 Å². The van der Waals surface area contributed by atoms with E-state index in [1.807, 2.05) is 0 Å². The first kappa shape index (κ1) is 18.8. The summed E-state index contributed by atoms with van der Waals surface area (Å²) in [6.07, 6.45) is 1.37. The molecule has 0 bridgehead atoms. The summed E-state index contributed by atoms with van der Waals surface area (Å²) in [7, 11) is 2.99. The van der Waals surface area contributed by atoms with Gasteiger partial charge in [0, 0.05) is 27.2 Å². The lowest BCUT2D eigenvalue weighted by Gasteiger charge is -2.11. The Hall–Kier alpha value is -2.94. The van der Waals surface area contributed by atoms with Gasteiger partial charge in [-0.2, -0.15) is 4.98 Å². The number of aryl methyl sites for hydroxylation is 1. The van der Waals surface area contributed by atoms with Gasteiger partial charge in [-0.15, -0.1) is 0 Å². The lowest BCUT2D eigenvalue weighted by atomic mass is 10.2. The second-order valence-corrected chi connectivity index (χ2v) is 6.38. The van der Waals surface area contributed by atoms with E-state index in [-0.39, 0.29) is 18.1 Å². The lowest BCUT2D eigenvalue weighted by molar-refractivity contribution is 0.286. The summed E-state index contributed by atoms with van der Waals surface area (Å²) in [5.74, 6) is 0.112. The molecule has 0 spiro atoms. The molecule has 1 aromatic carbocycles. The minimum absolute atomic E-state index is 0.0999. The molecule has 3 aromatic rings. The smallest absolute Gasteiger partial charge is 0.332 e. The molecule has 9 heteroatoms. The van der Waals surface area contributed by atoms with Crippen LogP contribution >= 0.6 is 0 Å². The van der Waals surface area contributed by atoms with Crippen molar-refractivity contribution in [2.24, 2.45) is 14.1 Å². The third-order valence-electron chi connectivity index (χ3n) is 4.47. The summed E-state index contributed by atoms with van der Waals surface area (Å²) in [4.78, 5) is 29.4. The highest BCUT2D eigenvalue weighted by Crippen LogP contribution is 2.18. The van der Waals surface area contributed by atoms with Crippen molar-refractivity contribution in [3.05, 3.63) is 56.5 Å². The summed E-state index contributed by atoms with van der Waals surface area (Å²) >= 11 is 0. The van der Waals surface area contributed by atoms with Crippen molar-refractivity contribution >= 4 is 17.1 Å². The van der Waals surface area contributed by atoms with E-state index >= 15 is 0 Å². The Morgan fingerprint density at radius 3 is 2.48 bits per heavy atom. The molecular weight excluding hydrogens is 353 g/mol. The molecule has 0 saturated heterocycles. The van der Waals surface area contributed by atoms with Gasteiger partial charge in [0.25, 0.3) is 5.56 Å². The molecule has 0 aliphatic rings. The highest BCUT2D eigenvalue weighted by atomic mass is 19.1. The van der Waals surface area contributed by atoms with Gasteiger partial charge in [-0.1, -0.05) is 12.1 Å². The molecule has 2 heterocycles. The van der Waals surface area contributed by atoms with Crippen LogP contribution in [0.5, 0.6) is 0 Å². The fourth-order valence-electron chi connectivity index (χ4n) is 2.94. The fourth-order valence-corrected chi connectivity index (χ4v) is 2.94. The number of hydrogen-bond acceptors (Lipinski definition) is 5. The highest BCUT2D eigenvalue weighted by molar-refractivity contribution is 5.74. The number of unbranched alkanes of at least 4 members (excludes halogenated alkanes) is 1. The Bertz CT molecular complexity index is 1070. The van der Waals surface area contributed by atoms with Crippen molar-refractivity contribution in [1.82, 2.24) is 18.7 Å². The average Bonchev–Trinajstić information content (AvgIpc) is 3.02. The standard InChI is InChI=1S/C18H22FN5O3/c1-22-15-14(16(26)23(2)18(22)27)24(11-12-5-7-13(19)8-6-12)17(21-15)20-9-3-4-10-25/h5-8,25H,3-4,9-11H2,1-2H3,(H,20,21). The molecule has 0 aliphatic heterocycles. The third-order valence-corrected chi connectivity index (χ3v) is 4.47. The van der Waals surface area contributed by atoms with E-state index in [0.717, 1.165) is 16.6 Å². The van der Waals surface area contributed by atoms with E-state index in [0.29, 0.717) is 31.0 Å². The predicted molar refractivity (Wildman–Crippen MR) is 101 cm³/mol. The quantitative estimate of drug-likeness (QED) is 0.596. The van der Waals surface area contributed by atoms with Gasteiger partial charge >= 0.3 is 5.69 Å². The monoisotopic (exact) mass is 375 g/mol. The van der Waals surface area contributed by atoms with Crippen molar-refractivity contribution in [3.8, 4) is 0 Å². The minimum atomic E-state index is -0.453. The van der Waals surface area contributed by atoms with Gasteiger partial charge < -0.3 is 10.4 Å². The third kappa shape index (κ3) is 3.63. The number of halogens is 1. The number of fused-ring (bicyclic) bond motifs is 1. The Morgan fingerprint density at radius 2 is 1.81 bits per heavy atom. The molecule has 0 saturated carbocycles. The van der Waals surface area contributed by atoms with Crippen LogP contribution in [0.15, 0.2) is 33.9 Å². The lowest BCUT2D eigenvalue weighted by Crippen LogP contribution is -2.37. The van der Waals surface area contributed by atoms with Crippen LogP contribution in [0.3, 0.4) is 0 Å². The Labute approximate surface area is 154 Å². The van der Waals surface area contributed by atoms with Gasteiger partial charge in [0.15, 0.2) is 11.2 Å². The van der Waals surface area contributed by atoms with Crippen molar-refractivity contribution in [3.63, 3.8) is 0 Å². The van der Waals surface area contributed by atoms with Gasteiger partial charge in [-0.05, 0) is 30.5 Å². The van der Waals surface area contributed by atoms with E-state index in [9.17, 15) is 14.0 Å². The number of aromatic nitrogens is 4. The van der Waals surface area contributed by atoms with Gasteiger partial charge in [-0.3, -0.25) is 18.5 Å². The van der Waals surface area contributed by atoms with E-state index in [2.05, 4.69) is 10.3 Å². The van der Waals surface area contributed by atoms with Gasteiger partial charge in [-0.25, -0.2) is 9.18 Å². The number of imidazole rings is 1. The topological polar surface area (TPSA) is 94.1 Å². The Balaban J connectivity index is 2.12. The fraction of sp³-hybridized carbons (Fsp3) is 0.389. The van der Waals surface area contributed by atoms with Gasteiger partial charge in [0.2, 0.25) is 5.95 Å². The van der Waals surface area contributed by atoms with Gasteiger partial charge in [0.05, 0.1) is 6.54 Å². The summed E-state index contributed by atoms with van der Waals surface area (Å²) < 4.78 is 17.3. The number of aliphatic hydroxyl groups excluding tert-OH is 1. The van der Waals surface area contributed by atoms with Crippen LogP contribution in [0.1, 0.15) is 18.4 Å². The van der Waals surface area contributed by atoms with Crippen molar-refractivity contribution < 1.29 is 9.50 Å². The van der Waals surface area contributed by atoms with Crippen LogP contribution in [0.2, 0.25) is 0 Å². The maximum atomic E-state index is 13.2. The Kier molecular flexibility index (Phi) is 5.41. The number of anilines is 1. The van der Waals surface area contributed by atoms with Gasteiger partial charge in [0.1, 0.15) is 5.82 Å². The number of rotatable bonds is 7. The molecule has 0 fully saturated rings. The summed E-state index contributed by atoms with van der Waals surface area (Å²) in [6, 6.07) is 6.00. The van der Waals surface area contributed by atoms with E-state index < -0.39 is 11.2 Å². The molecule has 2 aromatic heterocycles. The summed E-state index contributed by atoms with van der Waals surface area (Å²) in [5, 5.41) is 12.1. The largest absolute Gasteiger partial charge is 0.396 e. The molecule has 0 aliphatic carbocycles. The van der Waals surface area contributed by atoms with E-state index in [4.69, 9.17) is 5.11 Å². The van der Waals surface area contributed by atoms with Crippen LogP contribution in [0.4, 0.5) is 10.3 Å². The summed E-state index contributed by atoms with van der Waals surface area (Å²) in [5.41, 5.74) is 0.491. The zero-order valence-electron chi connectivity index (χ0n) is 15.3. The Morgan fingerprint density at radius 1 is 1.11 bits per heavy atom. The SMILES string of the molecule is Cn1c(=O)c2c(nc(NCCCCO)n2Cc2ccc(F)cc2)n(C)c1=O. The second-order valence-electron chi connectivity index (χ2n) is 6.38. The number of aliphatic hydroxyl groups is 1. The normalized spacial score (nSPS) is 11.3.